The lowest BCUT2D eigenvalue weighted by Crippen LogP contribution is -2.32. The molecule has 7 heteroatoms. The topological polar surface area (TPSA) is 95.1 Å². The molecule has 1 aliphatic carbocycles. The van der Waals surface area contributed by atoms with Gasteiger partial charge in [0.2, 0.25) is 5.91 Å². The molecule has 3 N–H and O–H groups in total. The summed E-state index contributed by atoms with van der Waals surface area (Å²) in [4.78, 5) is 31.0. The number of carbonyl (C=O) groups excluding carboxylic acids is 1. The van der Waals surface area contributed by atoms with Crippen molar-refractivity contribution in [3.63, 3.8) is 0 Å². The Bertz CT molecular complexity index is 975. The Balaban J connectivity index is 1.43. The highest BCUT2D eigenvalue weighted by atomic mass is 32.1. The number of amides is 1. The predicted octanol–water partition coefficient (Wildman–Crippen LogP) is 3.10. The summed E-state index contributed by atoms with van der Waals surface area (Å²) in [6.45, 7) is 0.456. The second-order valence-electron chi connectivity index (χ2n) is 6.48. The molecule has 2 heterocycles. The highest BCUT2D eigenvalue weighted by molar-refractivity contribution is 7.09. The summed E-state index contributed by atoms with van der Waals surface area (Å²) < 4.78 is 0. The van der Waals surface area contributed by atoms with Gasteiger partial charge in [0.15, 0.2) is 5.69 Å². The number of aromatic carboxylic acids is 1. The van der Waals surface area contributed by atoms with E-state index in [4.69, 9.17) is 5.11 Å². The standard InChI is InChI=1S/C19H19N3O3S/c23-18(20-9-8-16-21-15(10-26-16)19(24)25)13-6-3-5-12-11-4-1-2-7-14(11)22-17(12)13/h1-2,4,7,10,13,22H,3,5-6,8-9H2,(H,20,23)(H,24,25). The number of para-hydroxylation sites is 1. The fourth-order valence-corrected chi connectivity index (χ4v) is 4.39. The summed E-state index contributed by atoms with van der Waals surface area (Å²) in [6, 6.07) is 8.18. The average Bonchev–Trinajstić information content (AvgIpc) is 3.26. The van der Waals surface area contributed by atoms with Gasteiger partial charge in [0.1, 0.15) is 0 Å². The van der Waals surface area contributed by atoms with Crippen LogP contribution >= 0.6 is 11.3 Å². The highest BCUT2D eigenvalue weighted by Gasteiger charge is 2.29. The lowest BCUT2D eigenvalue weighted by molar-refractivity contribution is -0.122. The molecule has 6 nitrogen and oxygen atoms in total. The summed E-state index contributed by atoms with van der Waals surface area (Å²) in [5.41, 5.74) is 3.45. The summed E-state index contributed by atoms with van der Waals surface area (Å²) in [5, 5.41) is 15.3. The van der Waals surface area contributed by atoms with E-state index in [1.807, 2.05) is 18.2 Å². The first kappa shape index (κ1) is 16.8. The average molecular weight is 369 g/mol. The van der Waals surface area contributed by atoms with Gasteiger partial charge in [-0.3, -0.25) is 4.79 Å². The third kappa shape index (κ3) is 3.10. The van der Waals surface area contributed by atoms with Gasteiger partial charge in [0, 0.05) is 34.9 Å². The van der Waals surface area contributed by atoms with E-state index < -0.39 is 5.97 Å². The number of hydrogen-bond acceptors (Lipinski definition) is 4. The fraction of sp³-hybridized carbons (Fsp3) is 0.316. The van der Waals surface area contributed by atoms with Crippen LogP contribution in [-0.4, -0.2) is 33.5 Å². The molecular formula is C19H19N3O3S. The van der Waals surface area contributed by atoms with E-state index in [9.17, 15) is 9.59 Å². The van der Waals surface area contributed by atoms with Crippen LogP contribution in [0.4, 0.5) is 0 Å². The maximum Gasteiger partial charge on any atom is 0.355 e. The van der Waals surface area contributed by atoms with Gasteiger partial charge in [-0.1, -0.05) is 18.2 Å². The zero-order valence-corrected chi connectivity index (χ0v) is 14.9. The Labute approximate surface area is 154 Å². The maximum atomic E-state index is 12.7. The Kier molecular flexibility index (Phi) is 4.46. The number of carboxylic acid groups (broad SMARTS) is 1. The van der Waals surface area contributed by atoms with E-state index in [1.165, 1.54) is 27.7 Å². The number of aromatic amines is 1. The largest absolute Gasteiger partial charge is 0.476 e. The van der Waals surface area contributed by atoms with Crippen LogP contribution in [0.5, 0.6) is 0 Å². The number of rotatable bonds is 5. The predicted molar refractivity (Wildman–Crippen MR) is 99.8 cm³/mol. The molecule has 0 fully saturated rings. The first-order valence-corrected chi connectivity index (χ1v) is 9.56. The molecule has 0 saturated carbocycles. The lowest BCUT2D eigenvalue weighted by atomic mass is 9.86. The van der Waals surface area contributed by atoms with E-state index in [0.717, 1.165) is 35.5 Å². The molecule has 3 aromatic rings. The lowest BCUT2D eigenvalue weighted by Gasteiger charge is -2.22. The number of carboxylic acids is 1. The van der Waals surface area contributed by atoms with Crippen molar-refractivity contribution in [3.05, 3.63) is 51.6 Å². The van der Waals surface area contributed by atoms with Crippen LogP contribution in [0.3, 0.4) is 0 Å². The highest BCUT2D eigenvalue weighted by Crippen LogP contribution is 2.36. The number of H-pyrrole nitrogens is 1. The van der Waals surface area contributed by atoms with Crippen molar-refractivity contribution < 1.29 is 14.7 Å². The fourth-order valence-electron chi connectivity index (χ4n) is 3.62. The van der Waals surface area contributed by atoms with Gasteiger partial charge in [-0.05, 0) is 30.9 Å². The number of hydrogen-bond donors (Lipinski definition) is 3. The summed E-state index contributed by atoms with van der Waals surface area (Å²) in [5.74, 6) is -1.16. The van der Waals surface area contributed by atoms with Crippen LogP contribution in [-0.2, 0) is 17.6 Å². The van der Waals surface area contributed by atoms with E-state index in [1.54, 1.807) is 0 Å². The van der Waals surface area contributed by atoms with Crippen LogP contribution in [0.15, 0.2) is 29.6 Å². The minimum atomic E-state index is -1.02. The monoisotopic (exact) mass is 369 g/mol. The molecule has 1 aromatic carbocycles. The van der Waals surface area contributed by atoms with E-state index in [2.05, 4.69) is 21.4 Å². The molecular weight excluding hydrogens is 350 g/mol. The van der Waals surface area contributed by atoms with Gasteiger partial charge >= 0.3 is 5.97 Å². The first-order chi connectivity index (χ1) is 12.6. The number of nitrogens with one attached hydrogen (secondary N) is 2. The summed E-state index contributed by atoms with van der Waals surface area (Å²) in [7, 11) is 0. The molecule has 26 heavy (non-hydrogen) atoms. The van der Waals surface area contributed by atoms with Gasteiger partial charge in [0.25, 0.3) is 0 Å². The number of aryl methyl sites for hydroxylation is 1. The molecule has 0 aliphatic heterocycles. The molecule has 0 spiro atoms. The van der Waals surface area contributed by atoms with Gasteiger partial charge in [-0.15, -0.1) is 11.3 Å². The van der Waals surface area contributed by atoms with E-state index >= 15 is 0 Å². The Morgan fingerprint density at radius 3 is 3.00 bits per heavy atom. The molecule has 1 amide bonds. The van der Waals surface area contributed by atoms with Crippen molar-refractivity contribution in [1.82, 2.24) is 15.3 Å². The molecule has 134 valence electrons. The third-order valence-corrected chi connectivity index (χ3v) is 5.75. The number of benzene rings is 1. The van der Waals surface area contributed by atoms with E-state index in [-0.39, 0.29) is 17.5 Å². The van der Waals surface area contributed by atoms with Gasteiger partial charge in [0.05, 0.1) is 10.9 Å². The zero-order chi connectivity index (χ0) is 18.1. The zero-order valence-electron chi connectivity index (χ0n) is 14.1. The third-order valence-electron chi connectivity index (χ3n) is 4.84. The Morgan fingerprint density at radius 1 is 1.35 bits per heavy atom. The van der Waals surface area contributed by atoms with Crippen molar-refractivity contribution in [1.29, 1.82) is 0 Å². The SMILES string of the molecule is O=C(O)c1csc(CCNC(=O)C2CCCc3c2[nH]c2ccccc32)n1. The quantitative estimate of drug-likeness (QED) is 0.644. The van der Waals surface area contributed by atoms with Gasteiger partial charge < -0.3 is 15.4 Å². The summed E-state index contributed by atoms with van der Waals surface area (Å²) in [6.07, 6.45) is 3.38. The number of fused-ring (bicyclic) bond motifs is 3. The van der Waals surface area contributed by atoms with Gasteiger partial charge in [-0.25, -0.2) is 9.78 Å². The van der Waals surface area contributed by atoms with Crippen LogP contribution < -0.4 is 5.32 Å². The van der Waals surface area contributed by atoms with Crippen molar-refractivity contribution in [3.8, 4) is 0 Å². The minimum absolute atomic E-state index is 0.0209. The van der Waals surface area contributed by atoms with Crippen molar-refractivity contribution in [2.45, 2.75) is 31.6 Å². The second-order valence-corrected chi connectivity index (χ2v) is 7.42. The molecule has 4 rings (SSSR count). The molecule has 2 aromatic heterocycles. The number of thiazole rings is 1. The maximum absolute atomic E-state index is 12.7. The Hall–Kier alpha value is -2.67. The van der Waals surface area contributed by atoms with Crippen LogP contribution in [0.25, 0.3) is 10.9 Å². The smallest absolute Gasteiger partial charge is 0.355 e. The molecule has 0 radical (unpaired) electrons. The van der Waals surface area contributed by atoms with Gasteiger partial charge in [-0.2, -0.15) is 0 Å². The number of carbonyl (C=O) groups is 2. The van der Waals surface area contributed by atoms with Crippen LogP contribution in [0, 0.1) is 0 Å². The second kappa shape index (κ2) is 6.92. The minimum Gasteiger partial charge on any atom is -0.476 e. The van der Waals surface area contributed by atoms with Crippen LogP contribution in [0.1, 0.15) is 45.5 Å². The normalized spacial score (nSPS) is 16.4. The molecule has 0 bridgehead atoms. The molecule has 1 unspecified atom stereocenters. The van der Waals surface area contributed by atoms with Crippen molar-refractivity contribution >= 4 is 34.1 Å². The number of aromatic nitrogens is 2. The molecule has 1 aliphatic rings. The Morgan fingerprint density at radius 2 is 2.19 bits per heavy atom. The van der Waals surface area contributed by atoms with Crippen molar-refractivity contribution in [2.24, 2.45) is 0 Å². The number of nitrogens with zero attached hydrogens (tertiary/aromatic N) is 1. The molecule has 1 atom stereocenters. The van der Waals surface area contributed by atoms with Crippen molar-refractivity contribution in [2.75, 3.05) is 6.54 Å². The molecule has 0 saturated heterocycles. The van der Waals surface area contributed by atoms with Crippen LogP contribution in [0.2, 0.25) is 0 Å². The summed E-state index contributed by atoms with van der Waals surface area (Å²) >= 11 is 1.31. The van der Waals surface area contributed by atoms with E-state index in [0.29, 0.717) is 13.0 Å². The first-order valence-electron chi connectivity index (χ1n) is 8.68.